The molecule has 1 aliphatic rings. The van der Waals surface area contributed by atoms with Crippen molar-refractivity contribution < 1.29 is 4.79 Å². The van der Waals surface area contributed by atoms with Crippen molar-refractivity contribution in [3.05, 3.63) is 0 Å². The van der Waals surface area contributed by atoms with Crippen LogP contribution in [-0.2, 0) is 4.79 Å². The zero-order valence-electron chi connectivity index (χ0n) is 8.36. The van der Waals surface area contributed by atoms with Crippen molar-refractivity contribution in [1.29, 1.82) is 0 Å². The van der Waals surface area contributed by atoms with Crippen LogP contribution in [0.3, 0.4) is 0 Å². The Labute approximate surface area is 89.8 Å². The summed E-state index contributed by atoms with van der Waals surface area (Å²) in [5, 5.41) is 0. The van der Waals surface area contributed by atoms with Crippen LogP contribution < -0.4 is 0 Å². The van der Waals surface area contributed by atoms with Crippen molar-refractivity contribution in [3.63, 3.8) is 0 Å². The molecule has 1 aliphatic carbocycles. The summed E-state index contributed by atoms with van der Waals surface area (Å²) in [6.45, 7) is 6.49. The molecule has 0 saturated heterocycles. The standard InChI is InChI=1S/C10H16Cl2O/c1-9(2,3)7-4-5-8(13)10(11,12)6-7/h7H,4-6H2,1-3H3. The second-order valence-electron chi connectivity index (χ2n) is 4.93. The van der Waals surface area contributed by atoms with Crippen LogP contribution in [0.2, 0.25) is 0 Å². The third-order valence-electron chi connectivity index (χ3n) is 2.86. The first-order chi connectivity index (χ1) is 5.73. The van der Waals surface area contributed by atoms with E-state index < -0.39 is 4.33 Å². The van der Waals surface area contributed by atoms with Gasteiger partial charge in [0.1, 0.15) is 0 Å². The summed E-state index contributed by atoms with van der Waals surface area (Å²) >= 11 is 11.9. The molecule has 0 aliphatic heterocycles. The molecule has 76 valence electrons. The van der Waals surface area contributed by atoms with Crippen LogP contribution in [0.5, 0.6) is 0 Å². The van der Waals surface area contributed by atoms with E-state index in [1.165, 1.54) is 0 Å². The van der Waals surface area contributed by atoms with Crippen molar-refractivity contribution in [2.24, 2.45) is 11.3 Å². The fourth-order valence-corrected chi connectivity index (χ4v) is 2.31. The molecular weight excluding hydrogens is 207 g/mol. The molecule has 1 saturated carbocycles. The van der Waals surface area contributed by atoms with Crippen molar-refractivity contribution in [3.8, 4) is 0 Å². The fraction of sp³-hybridized carbons (Fsp3) is 0.900. The number of hydrogen-bond acceptors (Lipinski definition) is 1. The molecule has 1 atom stereocenters. The summed E-state index contributed by atoms with van der Waals surface area (Å²) in [6.07, 6.45) is 2.04. The van der Waals surface area contributed by atoms with Gasteiger partial charge in [0.15, 0.2) is 10.1 Å². The number of hydrogen-bond donors (Lipinski definition) is 0. The van der Waals surface area contributed by atoms with E-state index >= 15 is 0 Å². The number of rotatable bonds is 0. The molecule has 0 N–H and O–H groups in total. The van der Waals surface area contributed by atoms with Gasteiger partial charge >= 0.3 is 0 Å². The van der Waals surface area contributed by atoms with Gasteiger partial charge in [-0.15, -0.1) is 0 Å². The van der Waals surface area contributed by atoms with E-state index in [0.717, 1.165) is 6.42 Å². The Bertz CT molecular complexity index is 215. The van der Waals surface area contributed by atoms with Gasteiger partial charge in [-0.3, -0.25) is 4.79 Å². The fourth-order valence-electron chi connectivity index (χ4n) is 1.75. The minimum atomic E-state index is -1.13. The molecule has 1 fully saturated rings. The van der Waals surface area contributed by atoms with Gasteiger partial charge in [-0.1, -0.05) is 44.0 Å². The SMILES string of the molecule is CC(C)(C)C1CCC(=O)C(Cl)(Cl)C1. The van der Waals surface area contributed by atoms with Gasteiger partial charge in [0.05, 0.1) is 0 Å². The number of carbonyl (C=O) groups is 1. The lowest BCUT2D eigenvalue weighted by atomic mass is 9.72. The van der Waals surface area contributed by atoms with Crippen LogP contribution >= 0.6 is 23.2 Å². The highest BCUT2D eigenvalue weighted by atomic mass is 35.5. The average Bonchev–Trinajstić information content (AvgIpc) is 1.92. The topological polar surface area (TPSA) is 17.1 Å². The Morgan fingerprint density at radius 1 is 1.38 bits per heavy atom. The summed E-state index contributed by atoms with van der Waals surface area (Å²) in [5.41, 5.74) is 0.190. The summed E-state index contributed by atoms with van der Waals surface area (Å²) in [7, 11) is 0. The maximum absolute atomic E-state index is 11.3. The zero-order valence-corrected chi connectivity index (χ0v) is 9.87. The highest BCUT2D eigenvalue weighted by Gasteiger charge is 2.43. The van der Waals surface area contributed by atoms with Crippen LogP contribution in [0, 0.1) is 11.3 Å². The molecule has 0 bridgehead atoms. The smallest absolute Gasteiger partial charge is 0.176 e. The first-order valence-electron chi connectivity index (χ1n) is 4.64. The number of carbonyl (C=O) groups excluding carboxylic acids is 1. The van der Waals surface area contributed by atoms with E-state index in [4.69, 9.17) is 23.2 Å². The quantitative estimate of drug-likeness (QED) is 0.573. The molecule has 0 spiro atoms. The van der Waals surface area contributed by atoms with E-state index in [-0.39, 0.29) is 11.2 Å². The molecule has 0 heterocycles. The predicted octanol–water partition coefficient (Wildman–Crippen LogP) is 3.58. The first kappa shape index (κ1) is 11.3. The maximum Gasteiger partial charge on any atom is 0.176 e. The highest BCUT2D eigenvalue weighted by Crippen LogP contribution is 2.45. The Hall–Kier alpha value is 0.250. The van der Waals surface area contributed by atoms with E-state index in [0.29, 0.717) is 18.8 Å². The van der Waals surface area contributed by atoms with E-state index in [1.54, 1.807) is 0 Å². The highest BCUT2D eigenvalue weighted by molar-refractivity contribution is 6.58. The van der Waals surface area contributed by atoms with E-state index in [2.05, 4.69) is 20.8 Å². The molecule has 3 heteroatoms. The van der Waals surface area contributed by atoms with Crippen molar-refractivity contribution >= 4 is 29.0 Å². The molecule has 0 aromatic heterocycles. The minimum absolute atomic E-state index is 0.0173. The van der Waals surface area contributed by atoms with Crippen molar-refractivity contribution in [2.45, 2.75) is 44.4 Å². The average molecular weight is 223 g/mol. The molecule has 13 heavy (non-hydrogen) atoms. The lowest BCUT2D eigenvalue weighted by molar-refractivity contribution is -0.122. The lowest BCUT2D eigenvalue weighted by Crippen LogP contribution is -2.38. The number of alkyl halides is 2. The maximum atomic E-state index is 11.3. The van der Waals surface area contributed by atoms with Crippen molar-refractivity contribution in [1.82, 2.24) is 0 Å². The van der Waals surface area contributed by atoms with Gasteiger partial charge in [-0.2, -0.15) is 0 Å². The largest absolute Gasteiger partial charge is 0.296 e. The third-order valence-corrected chi connectivity index (χ3v) is 3.59. The summed E-state index contributed by atoms with van der Waals surface area (Å²) < 4.78 is -1.13. The van der Waals surface area contributed by atoms with Gasteiger partial charge in [0, 0.05) is 6.42 Å². The predicted molar refractivity (Wildman–Crippen MR) is 56.2 cm³/mol. The zero-order chi connectivity index (χ0) is 10.3. The number of ketones is 1. The minimum Gasteiger partial charge on any atom is -0.296 e. The molecule has 1 rings (SSSR count). The normalized spacial score (nSPS) is 29.0. The van der Waals surface area contributed by atoms with Crippen LogP contribution in [-0.4, -0.2) is 10.1 Å². The molecule has 1 nitrogen and oxygen atoms in total. The number of Topliss-reactive ketones (excluding diaryl/α,β-unsaturated/α-hetero) is 1. The lowest BCUT2D eigenvalue weighted by Gasteiger charge is -2.38. The number of halogens is 2. The van der Waals surface area contributed by atoms with Gasteiger partial charge in [0.25, 0.3) is 0 Å². The van der Waals surface area contributed by atoms with Crippen LogP contribution in [0.15, 0.2) is 0 Å². The first-order valence-corrected chi connectivity index (χ1v) is 5.40. The molecular formula is C10H16Cl2O. The van der Waals surface area contributed by atoms with Crippen LogP contribution in [0.25, 0.3) is 0 Å². The van der Waals surface area contributed by atoms with Gasteiger partial charge in [-0.25, -0.2) is 0 Å². The van der Waals surface area contributed by atoms with Gasteiger partial charge < -0.3 is 0 Å². The Morgan fingerprint density at radius 3 is 2.31 bits per heavy atom. The van der Waals surface area contributed by atoms with Crippen LogP contribution in [0.1, 0.15) is 40.0 Å². The molecule has 0 amide bonds. The Kier molecular flexibility index (Phi) is 2.99. The molecule has 1 unspecified atom stereocenters. The Morgan fingerprint density at radius 2 is 1.92 bits per heavy atom. The van der Waals surface area contributed by atoms with Gasteiger partial charge in [0.2, 0.25) is 0 Å². The molecule has 0 aromatic rings. The summed E-state index contributed by atoms with van der Waals surface area (Å²) in [4.78, 5) is 11.3. The Balaban J connectivity index is 2.72. The molecule has 0 radical (unpaired) electrons. The van der Waals surface area contributed by atoms with Crippen molar-refractivity contribution in [2.75, 3.05) is 0 Å². The third kappa shape index (κ3) is 2.60. The second-order valence-corrected chi connectivity index (χ2v) is 6.42. The van der Waals surface area contributed by atoms with Crippen LogP contribution in [0.4, 0.5) is 0 Å². The molecule has 0 aromatic carbocycles. The summed E-state index contributed by atoms with van der Waals surface area (Å²) in [5.74, 6) is 0.427. The monoisotopic (exact) mass is 222 g/mol. The van der Waals surface area contributed by atoms with E-state index in [1.807, 2.05) is 0 Å². The van der Waals surface area contributed by atoms with E-state index in [9.17, 15) is 4.79 Å². The second kappa shape index (κ2) is 3.43. The summed E-state index contributed by atoms with van der Waals surface area (Å²) in [6, 6.07) is 0. The van der Waals surface area contributed by atoms with Gasteiger partial charge in [-0.05, 0) is 24.2 Å².